The van der Waals surface area contributed by atoms with Crippen LogP contribution in [0.2, 0.25) is 0 Å². The Hall–Kier alpha value is -4.61. The van der Waals surface area contributed by atoms with Crippen LogP contribution in [-0.2, 0) is 6.54 Å². The van der Waals surface area contributed by atoms with Gasteiger partial charge in [-0.1, -0.05) is 54.6 Å². The van der Waals surface area contributed by atoms with Crippen molar-refractivity contribution in [3.63, 3.8) is 0 Å². The van der Waals surface area contributed by atoms with Gasteiger partial charge in [-0.2, -0.15) is 0 Å². The van der Waals surface area contributed by atoms with Crippen LogP contribution in [0.4, 0.5) is 5.69 Å². The van der Waals surface area contributed by atoms with E-state index in [1.54, 1.807) is 19.2 Å². The predicted octanol–water partition coefficient (Wildman–Crippen LogP) is 7.85. The van der Waals surface area contributed by atoms with Crippen molar-refractivity contribution in [3.05, 3.63) is 126 Å². The summed E-state index contributed by atoms with van der Waals surface area (Å²) in [5.74, 6) is 1.58. The summed E-state index contributed by atoms with van der Waals surface area (Å²) in [6.45, 7) is 3.06. The molecule has 0 unspecified atom stereocenters. The maximum atomic E-state index is 12.9. The molecule has 1 heterocycles. The van der Waals surface area contributed by atoms with Crippen LogP contribution in [0.5, 0.6) is 11.5 Å². The van der Waals surface area contributed by atoms with Gasteiger partial charge in [-0.25, -0.2) is 0 Å². The van der Waals surface area contributed by atoms with Crippen molar-refractivity contribution < 1.29 is 14.6 Å². The molecule has 2 N–H and O–H groups in total. The molecular formula is C36H34N2O3. The molecule has 0 aromatic heterocycles. The number of carbonyl (C=O) groups excluding carboxylic acids is 1. The van der Waals surface area contributed by atoms with Crippen LogP contribution in [0.3, 0.4) is 0 Å². The topological polar surface area (TPSA) is 61.8 Å². The molecule has 0 radical (unpaired) electrons. The quantitative estimate of drug-likeness (QED) is 0.220. The molecule has 0 atom stereocenters. The van der Waals surface area contributed by atoms with Gasteiger partial charge in [-0.3, -0.25) is 9.69 Å². The van der Waals surface area contributed by atoms with Crippen molar-refractivity contribution in [1.82, 2.24) is 4.90 Å². The van der Waals surface area contributed by atoms with Crippen LogP contribution in [0, 0.1) is 0 Å². The van der Waals surface area contributed by atoms with Crippen LogP contribution in [-0.4, -0.2) is 36.1 Å². The van der Waals surface area contributed by atoms with E-state index in [0.717, 1.165) is 60.4 Å². The number of hydrogen-bond acceptors (Lipinski definition) is 4. The summed E-state index contributed by atoms with van der Waals surface area (Å²) in [7, 11) is 1.65. The summed E-state index contributed by atoms with van der Waals surface area (Å²) >= 11 is 0. The van der Waals surface area contributed by atoms with E-state index in [-0.39, 0.29) is 5.91 Å². The Bertz CT molecular complexity index is 1640. The molecule has 0 saturated carbocycles. The van der Waals surface area contributed by atoms with E-state index in [1.165, 1.54) is 16.5 Å². The number of fused-ring (bicyclic) bond motifs is 1. The molecule has 5 heteroatoms. The summed E-state index contributed by atoms with van der Waals surface area (Å²) in [6, 6.07) is 35.9. The second-order valence-corrected chi connectivity index (χ2v) is 10.8. The highest BCUT2D eigenvalue weighted by Crippen LogP contribution is 2.30. The molecule has 1 amide bonds. The Morgan fingerprint density at radius 3 is 2.12 bits per heavy atom. The second kappa shape index (κ2) is 11.9. The second-order valence-electron chi connectivity index (χ2n) is 10.8. The fraction of sp³-hybridized carbons (Fsp3) is 0.194. The van der Waals surface area contributed by atoms with Gasteiger partial charge in [0.1, 0.15) is 11.5 Å². The van der Waals surface area contributed by atoms with Gasteiger partial charge in [0.25, 0.3) is 5.91 Å². The number of methoxy groups -OCH3 is 1. The van der Waals surface area contributed by atoms with Gasteiger partial charge in [0.2, 0.25) is 0 Å². The average molecular weight is 543 g/mol. The van der Waals surface area contributed by atoms with Gasteiger partial charge in [-0.15, -0.1) is 0 Å². The molecule has 206 valence electrons. The maximum absolute atomic E-state index is 12.9. The van der Waals surface area contributed by atoms with E-state index in [2.05, 4.69) is 46.6 Å². The fourth-order valence-corrected chi connectivity index (χ4v) is 5.70. The van der Waals surface area contributed by atoms with E-state index in [0.29, 0.717) is 17.2 Å². The zero-order valence-electron chi connectivity index (χ0n) is 23.2. The highest BCUT2D eigenvalue weighted by atomic mass is 16.5. The zero-order chi connectivity index (χ0) is 28.2. The number of carbonyl (C=O) groups is 1. The molecule has 1 aliphatic rings. The van der Waals surface area contributed by atoms with Gasteiger partial charge in [0.05, 0.1) is 7.11 Å². The van der Waals surface area contributed by atoms with Crippen LogP contribution >= 0.6 is 0 Å². The third kappa shape index (κ3) is 6.26. The molecular weight excluding hydrogens is 508 g/mol. The normalized spacial score (nSPS) is 14.2. The Labute approximate surface area is 241 Å². The number of nitrogens with zero attached hydrogens (tertiary/aromatic N) is 1. The highest BCUT2D eigenvalue weighted by Gasteiger charge is 2.20. The Morgan fingerprint density at radius 1 is 0.805 bits per heavy atom. The maximum Gasteiger partial charge on any atom is 0.255 e. The summed E-state index contributed by atoms with van der Waals surface area (Å²) in [5, 5.41) is 14.9. The van der Waals surface area contributed by atoms with Crippen molar-refractivity contribution in [2.75, 3.05) is 25.5 Å². The molecule has 41 heavy (non-hydrogen) atoms. The van der Waals surface area contributed by atoms with Crippen LogP contribution in [0.15, 0.2) is 109 Å². The lowest BCUT2D eigenvalue weighted by atomic mass is 9.89. The standard InChI is InChI=1S/C36H34N2O3/c1-41-35-16-11-28(12-17-35)26-4-6-30(7-5-26)36(40)37-33-13-8-31-22-25(2-3-32(31)23-33)24-38-20-18-29(19-21-38)27-9-14-34(39)15-10-27/h2-17,22-23,29,39H,18-21,24H2,1H3,(H,37,40). The third-order valence-electron chi connectivity index (χ3n) is 8.09. The van der Waals surface area contributed by atoms with E-state index in [4.69, 9.17) is 4.74 Å². The van der Waals surface area contributed by atoms with E-state index < -0.39 is 0 Å². The number of rotatable bonds is 7. The van der Waals surface area contributed by atoms with Crippen molar-refractivity contribution >= 4 is 22.4 Å². The molecule has 5 aromatic carbocycles. The lowest BCUT2D eigenvalue weighted by Gasteiger charge is -2.32. The molecule has 5 nitrogen and oxygen atoms in total. The lowest BCUT2D eigenvalue weighted by Crippen LogP contribution is -2.32. The van der Waals surface area contributed by atoms with E-state index in [1.807, 2.05) is 60.7 Å². The number of amides is 1. The fourth-order valence-electron chi connectivity index (χ4n) is 5.70. The SMILES string of the molecule is COc1ccc(-c2ccc(C(=O)Nc3ccc4cc(CN5CCC(c6ccc(O)cc6)CC5)ccc4c3)cc2)cc1. The molecule has 1 aliphatic heterocycles. The predicted molar refractivity (Wildman–Crippen MR) is 166 cm³/mol. The van der Waals surface area contributed by atoms with Crippen molar-refractivity contribution in [3.8, 4) is 22.6 Å². The summed E-state index contributed by atoms with van der Waals surface area (Å²) in [5.41, 5.74) is 6.14. The first kappa shape index (κ1) is 26.6. The number of likely N-dealkylation sites (tertiary alicyclic amines) is 1. The number of phenols is 1. The summed E-state index contributed by atoms with van der Waals surface area (Å²) < 4.78 is 5.23. The minimum Gasteiger partial charge on any atom is -0.508 e. The number of benzene rings is 5. The average Bonchev–Trinajstić information content (AvgIpc) is 3.02. The minimum absolute atomic E-state index is 0.127. The number of anilines is 1. The molecule has 0 spiro atoms. The number of hydrogen-bond donors (Lipinski definition) is 2. The Balaban J connectivity index is 1.06. The lowest BCUT2D eigenvalue weighted by molar-refractivity contribution is 0.102. The summed E-state index contributed by atoms with van der Waals surface area (Å²) in [4.78, 5) is 15.5. The number of piperidine rings is 1. The van der Waals surface area contributed by atoms with E-state index >= 15 is 0 Å². The molecule has 1 fully saturated rings. The molecule has 0 bridgehead atoms. The number of aromatic hydroxyl groups is 1. The molecule has 0 aliphatic carbocycles. The van der Waals surface area contributed by atoms with Crippen LogP contribution < -0.4 is 10.1 Å². The largest absolute Gasteiger partial charge is 0.508 e. The van der Waals surface area contributed by atoms with Gasteiger partial charge >= 0.3 is 0 Å². The van der Waals surface area contributed by atoms with Crippen molar-refractivity contribution in [2.45, 2.75) is 25.3 Å². The highest BCUT2D eigenvalue weighted by molar-refractivity contribution is 6.05. The molecule has 6 rings (SSSR count). The number of phenolic OH excluding ortho intramolecular Hbond substituents is 1. The van der Waals surface area contributed by atoms with Gasteiger partial charge < -0.3 is 15.2 Å². The monoisotopic (exact) mass is 542 g/mol. The first-order chi connectivity index (χ1) is 20.0. The molecule has 5 aromatic rings. The van der Waals surface area contributed by atoms with E-state index in [9.17, 15) is 9.90 Å². The first-order valence-electron chi connectivity index (χ1n) is 14.1. The van der Waals surface area contributed by atoms with Crippen molar-refractivity contribution in [2.24, 2.45) is 0 Å². The van der Waals surface area contributed by atoms with Crippen molar-refractivity contribution in [1.29, 1.82) is 0 Å². The minimum atomic E-state index is -0.127. The van der Waals surface area contributed by atoms with Gasteiger partial charge in [-0.05, 0) is 119 Å². The number of nitrogens with one attached hydrogen (secondary N) is 1. The summed E-state index contributed by atoms with van der Waals surface area (Å²) in [6.07, 6.45) is 2.26. The van der Waals surface area contributed by atoms with Crippen LogP contribution in [0.1, 0.15) is 40.2 Å². The first-order valence-corrected chi connectivity index (χ1v) is 14.1. The van der Waals surface area contributed by atoms with Gasteiger partial charge in [0.15, 0.2) is 0 Å². The zero-order valence-corrected chi connectivity index (χ0v) is 23.2. The number of ether oxygens (including phenoxy) is 1. The third-order valence-corrected chi connectivity index (χ3v) is 8.09. The van der Waals surface area contributed by atoms with Gasteiger partial charge in [0, 0.05) is 17.8 Å². The Morgan fingerprint density at radius 2 is 1.44 bits per heavy atom. The Kier molecular flexibility index (Phi) is 7.70. The molecule has 1 saturated heterocycles. The smallest absolute Gasteiger partial charge is 0.255 e. The van der Waals surface area contributed by atoms with Crippen LogP contribution in [0.25, 0.3) is 21.9 Å².